The van der Waals surface area contributed by atoms with Crippen LogP contribution in [-0.2, 0) is 6.54 Å². The van der Waals surface area contributed by atoms with Crippen molar-refractivity contribution < 1.29 is 4.39 Å². The van der Waals surface area contributed by atoms with Gasteiger partial charge in [-0.05, 0) is 60.7 Å². The third-order valence-corrected chi connectivity index (χ3v) is 6.99. The van der Waals surface area contributed by atoms with Crippen molar-refractivity contribution in [3.63, 3.8) is 0 Å². The monoisotopic (exact) mass is 400 g/mol. The lowest BCUT2D eigenvalue weighted by Gasteiger charge is -2.54. The van der Waals surface area contributed by atoms with Crippen molar-refractivity contribution in [1.29, 1.82) is 0 Å². The molecule has 3 aromatic carbocycles. The Bertz CT molecular complexity index is 894. The van der Waals surface area contributed by atoms with Gasteiger partial charge in [0.2, 0.25) is 0 Å². The zero-order chi connectivity index (χ0) is 20.3. The Morgan fingerprint density at radius 3 is 1.93 bits per heavy atom. The van der Waals surface area contributed by atoms with Gasteiger partial charge < -0.3 is 5.32 Å². The van der Waals surface area contributed by atoms with Crippen molar-refractivity contribution in [1.82, 2.24) is 10.2 Å². The lowest BCUT2D eigenvalue weighted by atomic mass is 9.70. The first-order valence-corrected chi connectivity index (χ1v) is 11.1. The number of rotatable bonds is 6. The molecule has 30 heavy (non-hydrogen) atoms. The van der Waals surface area contributed by atoms with Crippen LogP contribution < -0.4 is 5.32 Å². The Kier molecular flexibility index (Phi) is 5.65. The number of benzene rings is 3. The molecule has 154 valence electrons. The van der Waals surface area contributed by atoms with Gasteiger partial charge >= 0.3 is 0 Å². The number of nitrogens with one attached hydrogen (secondary N) is 1. The first kappa shape index (κ1) is 19.5. The van der Waals surface area contributed by atoms with E-state index in [4.69, 9.17) is 0 Å². The van der Waals surface area contributed by atoms with Crippen LogP contribution in [0.1, 0.15) is 35.4 Å². The maximum absolute atomic E-state index is 13.3. The van der Waals surface area contributed by atoms with E-state index in [1.165, 1.54) is 37.1 Å². The summed E-state index contributed by atoms with van der Waals surface area (Å²) in [5.74, 6) is 0.851. The minimum absolute atomic E-state index is 0.173. The average Bonchev–Trinajstić information content (AvgIpc) is 2.82. The van der Waals surface area contributed by atoms with Crippen molar-refractivity contribution in [2.45, 2.75) is 37.4 Å². The molecule has 0 radical (unpaired) electrons. The number of halogens is 1. The standard InChI is InChI=1S/C27H29FN2/c28-24-13-11-20(12-14-24)19-29-26-23-15-17-30(18-16-23)27(26)25(21-7-3-1-4-8-21)22-9-5-2-6-10-22/h1-14,23,25-27,29H,15-19H2/t26-,27+/m1/s1. The van der Waals surface area contributed by atoms with Crippen LogP contribution in [0, 0.1) is 11.7 Å². The van der Waals surface area contributed by atoms with Crippen LogP contribution >= 0.6 is 0 Å². The minimum Gasteiger partial charge on any atom is -0.308 e. The second-order valence-electron chi connectivity index (χ2n) is 8.70. The molecule has 0 aromatic heterocycles. The highest BCUT2D eigenvalue weighted by Gasteiger charge is 2.46. The zero-order valence-electron chi connectivity index (χ0n) is 17.3. The first-order valence-electron chi connectivity index (χ1n) is 11.1. The number of hydrogen-bond acceptors (Lipinski definition) is 2. The molecular weight excluding hydrogens is 371 g/mol. The number of hydrogen-bond donors (Lipinski definition) is 1. The molecule has 3 heterocycles. The molecule has 0 saturated carbocycles. The first-order chi connectivity index (χ1) is 14.8. The highest BCUT2D eigenvalue weighted by molar-refractivity contribution is 5.36. The van der Waals surface area contributed by atoms with E-state index in [0.717, 1.165) is 12.1 Å². The lowest BCUT2D eigenvalue weighted by molar-refractivity contribution is 0.00468. The quantitative estimate of drug-likeness (QED) is 0.611. The van der Waals surface area contributed by atoms with Gasteiger partial charge in [0, 0.05) is 24.5 Å². The number of nitrogens with zero attached hydrogens (tertiary/aromatic N) is 1. The third kappa shape index (κ3) is 3.92. The predicted molar refractivity (Wildman–Crippen MR) is 120 cm³/mol. The minimum atomic E-state index is -0.173. The lowest BCUT2D eigenvalue weighted by Crippen LogP contribution is -2.64. The maximum Gasteiger partial charge on any atom is 0.123 e. The van der Waals surface area contributed by atoms with Gasteiger partial charge in [-0.25, -0.2) is 4.39 Å². The fourth-order valence-corrected chi connectivity index (χ4v) is 5.53. The van der Waals surface area contributed by atoms with E-state index in [0.29, 0.717) is 23.9 Å². The normalized spacial score (nSPS) is 25.5. The molecule has 3 aliphatic rings. The molecule has 6 rings (SSSR count). The summed E-state index contributed by atoms with van der Waals surface area (Å²) in [6, 6.07) is 29.7. The largest absolute Gasteiger partial charge is 0.308 e. The Hall–Kier alpha value is -2.49. The summed E-state index contributed by atoms with van der Waals surface area (Å²) in [6.45, 7) is 3.14. The van der Waals surface area contributed by atoms with Crippen LogP contribution in [0.15, 0.2) is 84.9 Å². The van der Waals surface area contributed by atoms with Crippen molar-refractivity contribution in [3.8, 4) is 0 Å². The van der Waals surface area contributed by atoms with E-state index in [-0.39, 0.29) is 5.82 Å². The second kappa shape index (κ2) is 8.71. The zero-order valence-corrected chi connectivity index (χ0v) is 17.3. The fraction of sp³-hybridized carbons (Fsp3) is 0.333. The molecule has 3 aromatic rings. The highest BCUT2D eigenvalue weighted by Crippen LogP contribution is 2.42. The SMILES string of the molecule is Fc1ccc(CN[C@@H]2C3CCN(CC3)[C@H]2C(c2ccccc2)c2ccccc2)cc1. The molecule has 0 aliphatic carbocycles. The molecule has 2 nitrogen and oxygen atoms in total. The van der Waals surface area contributed by atoms with Gasteiger partial charge in [-0.3, -0.25) is 4.90 Å². The molecule has 3 aliphatic heterocycles. The average molecular weight is 401 g/mol. The predicted octanol–water partition coefficient (Wildman–Crippen LogP) is 5.21. The molecule has 1 N–H and O–H groups in total. The van der Waals surface area contributed by atoms with E-state index < -0.39 is 0 Å². The van der Waals surface area contributed by atoms with Gasteiger partial charge in [0.25, 0.3) is 0 Å². The van der Waals surface area contributed by atoms with E-state index in [2.05, 4.69) is 70.9 Å². The smallest absolute Gasteiger partial charge is 0.123 e. The van der Waals surface area contributed by atoms with Crippen LogP contribution in [0.25, 0.3) is 0 Å². The van der Waals surface area contributed by atoms with E-state index in [1.807, 2.05) is 12.1 Å². The molecule has 3 fully saturated rings. The molecule has 3 heteroatoms. The van der Waals surface area contributed by atoms with Gasteiger partial charge in [0.1, 0.15) is 5.82 Å². The Balaban J connectivity index is 1.48. The Morgan fingerprint density at radius 1 is 0.800 bits per heavy atom. The third-order valence-electron chi connectivity index (χ3n) is 6.99. The van der Waals surface area contributed by atoms with Crippen molar-refractivity contribution in [2.75, 3.05) is 13.1 Å². The summed E-state index contributed by atoms with van der Waals surface area (Å²) in [4.78, 5) is 2.70. The van der Waals surface area contributed by atoms with Gasteiger partial charge in [0.05, 0.1) is 0 Å². The number of piperidine rings is 3. The summed E-state index contributed by atoms with van der Waals surface area (Å²) in [6.07, 6.45) is 2.52. The molecule has 3 saturated heterocycles. The molecule has 2 bridgehead atoms. The summed E-state index contributed by atoms with van der Waals surface area (Å²) in [7, 11) is 0. The molecule has 0 spiro atoms. The van der Waals surface area contributed by atoms with Gasteiger partial charge in [-0.1, -0.05) is 72.8 Å². The Labute approximate surface area is 178 Å². The number of fused-ring (bicyclic) bond motifs is 3. The van der Waals surface area contributed by atoms with Crippen molar-refractivity contribution in [3.05, 3.63) is 107 Å². The molecule has 2 atom stereocenters. The summed E-state index contributed by atoms with van der Waals surface area (Å²) in [5, 5.41) is 3.89. The van der Waals surface area contributed by atoms with E-state index in [1.54, 1.807) is 12.1 Å². The molecular formula is C27H29FN2. The summed E-state index contributed by atoms with van der Waals surface area (Å²) < 4.78 is 13.3. The fourth-order valence-electron chi connectivity index (χ4n) is 5.53. The van der Waals surface area contributed by atoms with Gasteiger partial charge in [-0.2, -0.15) is 0 Å². The van der Waals surface area contributed by atoms with Crippen LogP contribution in [-0.4, -0.2) is 30.1 Å². The summed E-state index contributed by atoms with van der Waals surface area (Å²) in [5.41, 5.74) is 3.91. The van der Waals surface area contributed by atoms with Crippen LogP contribution in [0.5, 0.6) is 0 Å². The van der Waals surface area contributed by atoms with Gasteiger partial charge in [0.15, 0.2) is 0 Å². The highest BCUT2D eigenvalue weighted by atomic mass is 19.1. The van der Waals surface area contributed by atoms with Crippen molar-refractivity contribution in [2.24, 2.45) is 5.92 Å². The Morgan fingerprint density at radius 2 is 1.37 bits per heavy atom. The van der Waals surface area contributed by atoms with E-state index in [9.17, 15) is 4.39 Å². The van der Waals surface area contributed by atoms with Crippen molar-refractivity contribution >= 4 is 0 Å². The molecule has 0 unspecified atom stereocenters. The van der Waals surface area contributed by atoms with Gasteiger partial charge in [-0.15, -0.1) is 0 Å². The second-order valence-corrected chi connectivity index (χ2v) is 8.70. The summed E-state index contributed by atoms with van der Waals surface area (Å²) >= 11 is 0. The van der Waals surface area contributed by atoms with E-state index >= 15 is 0 Å². The molecule has 0 amide bonds. The van der Waals surface area contributed by atoms with Crippen LogP contribution in [0.3, 0.4) is 0 Å². The van der Waals surface area contributed by atoms with Crippen LogP contribution in [0.4, 0.5) is 4.39 Å². The topological polar surface area (TPSA) is 15.3 Å². The maximum atomic E-state index is 13.3. The van der Waals surface area contributed by atoms with Crippen LogP contribution in [0.2, 0.25) is 0 Å².